The van der Waals surface area contributed by atoms with Crippen molar-refractivity contribution in [2.75, 3.05) is 25.0 Å². The molecule has 2 aromatic rings. The molecular weight excluding hydrogens is 528 g/mol. The van der Waals surface area contributed by atoms with Crippen LogP contribution in [0.2, 0.25) is 5.02 Å². The Morgan fingerprint density at radius 2 is 1.55 bits per heavy atom. The molecule has 0 aliphatic carbocycles. The van der Waals surface area contributed by atoms with Gasteiger partial charge in [-0.05, 0) is 66.5 Å². The van der Waals surface area contributed by atoms with E-state index >= 15 is 0 Å². The molecule has 4 amide bonds. The van der Waals surface area contributed by atoms with Crippen molar-refractivity contribution in [2.45, 2.75) is 72.4 Å². The molecule has 1 atom stereocenters. The van der Waals surface area contributed by atoms with Gasteiger partial charge in [-0.1, -0.05) is 49.7 Å². The first-order valence-corrected chi connectivity index (χ1v) is 14.3. The van der Waals surface area contributed by atoms with Crippen molar-refractivity contribution >= 4 is 40.9 Å². The van der Waals surface area contributed by atoms with Gasteiger partial charge in [0.1, 0.15) is 6.04 Å². The van der Waals surface area contributed by atoms with E-state index in [1.807, 2.05) is 43.0 Å². The first kappa shape index (κ1) is 29.6. The number of nitrogens with zero attached hydrogens (tertiary/aromatic N) is 2. The van der Waals surface area contributed by atoms with Crippen LogP contribution in [-0.2, 0) is 32.1 Å². The van der Waals surface area contributed by atoms with Gasteiger partial charge < -0.3 is 20.4 Å². The van der Waals surface area contributed by atoms with Crippen LogP contribution in [0.4, 0.5) is 5.69 Å². The van der Waals surface area contributed by atoms with Crippen LogP contribution in [0.15, 0.2) is 36.4 Å². The Morgan fingerprint density at radius 3 is 2.20 bits per heavy atom. The Labute approximate surface area is 241 Å². The second kappa shape index (κ2) is 12.4. The normalized spacial score (nSPS) is 18.1. The van der Waals surface area contributed by atoms with Crippen molar-refractivity contribution in [3.8, 4) is 0 Å². The van der Waals surface area contributed by atoms with Crippen molar-refractivity contribution < 1.29 is 19.2 Å². The summed E-state index contributed by atoms with van der Waals surface area (Å²) in [5.41, 5.74) is 4.50. The zero-order chi connectivity index (χ0) is 29.0. The van der Waals surface area contributed by atoms with Gasteiger partial charge in [-0.15, -0.1) is 0 Å². The predicted molar refractivity (Wildman–Crippen MR) is 156 cm³/mol. The highest BCUT2D eigenvalue weighted by Crippen LogP contribution is 2.30. The molecule has 2 aromatic carbocycles. The maximum atomic E-state index is 13.4. The van der Waals surface area contributed by atoms with Gasteiger partial charge in [0.15, 0.2) is 0 Å². The molecule has 9 heteroatoms. The average Bonchev–Trinajstić information content (AvgIpc) is 2.92. The number of carbonyl (C=O) groups excluding carboxylic acids is 4. The fourth-order valence-corrected chi connectivity index (χ4v) is 5.51. The maximum absolute atomic E-state index is 13.4. The van der Waals surface area contributed by atoms with Crippen LogP contribution in [0.3, 0.4) is 0 Å². The summed E-state index contributed by atoms with van der Waals surface area (Å²) in [6, 6.07) is 10.5. The zero-order valence-electron chi connectivity index (χ0n) is 23.8. The Bertz CT molecular complexity index is 1270. The molecule has 2 N–H and O–H groups in total. The number of piperidine rings is 1. The Hall–Kier alpha value is -3.39. The number of likely N-dealkylation sites (tertiary alicyclic amines) is 1. The lowest BCUT2D eigenvalue weighted by Crippen LogP contribution is -2.53. The number of rotatable bonds is 7. The molecule has 2 aliphatic rings. The fraction of sp³-hybridized carbons (Fsp3) is 0.484. The number of nitrogens with one attached hydrogen (secondary N) is 2. The molecule has 214 valence electrons. The second-order valence-corrected chi connectivity index (χ2v) is 12.1. The number of halogens is 1. The van der Waals surface area contributed by atoms with Gasteiger partial charge in [-0.3, -0.25) is 19.2 Å². The Balaban J connectivity index is 1.37. The number of benzene rings is 2. The smallest absolute Gasteiger partial charge is 0.243 e. The molecule has 40 heavy (non-hydrogen) atoms. The largest absolute Gasteiger partial charge is 0.345 e. The van der Waals surface area contributed by atoms with Crippen molar-refractivity contribution in [3.63, 3.8) is 0 Å². The van der Waals surface area contributed by atoms with Gasteiger partial charge in [0.05, 0.1) is 6.54 Å². The highest BCUT2D eigenvalue weighted by Gasteiger charge is 2.35. The molecule has 0 radical (unpaired) electrons. The minimum absolute atomic E-state index is 0.0217. The highest BCUT2D eigenvalue weighted by molar-refractivity contribution is 6.32. The second-order valence-electron chi connectivity index (χ2n) is 11.7. The molecule has 1 saturated heterocycles. The number of fused-ring (bicyclic) bond motifs is 1. The number of hydrogen-bond donors (Lipinski definition) is 2. The summed E-state index contributed by atoms with van der Waals surface area (Å²) in [5.74, 6) is -1.03. The van der Waals surface area contributed by atoms with E-state index in [4.69, 9.17) is 11.6 Å². The predicted octanol–water partition coefficient (Wildman–Crippen LogP) is 4.39. The van der Waals surface area contributed by atoms with Crippen LogP contribution in [0.5, 0.6) is 0 Å². The molecule has 0 spiro atoms. The van der Waals surface area contributed by atoms with Gasteiger partial charge in [0, 0.05) is 49.6 Å². The van der Waals surface area contributed by atoms with E-state index in [2.05, 4.69) is 24.5 Å². The van der Waals surface area contributed by atoms with Crippen molar-refractivity contribution in [1.82, 2.24) is 15.1 Å². The minimum Gasteiger partial charge on any atom is -0.345 e. The summed E-state index contributed by atoms with van der Waals surface area (Å²) in [7, 11) is 0. The standard InChI is InChI=1S/C31H39ClN4O4/c1-20-15-24(16-21(2)29(20)32)34-26(37)18-33-30(40)25-17-22-7-5-6-8-23(22)19-36(25)28(39)10-9-27(38)35-13-11-31(3,4)12-14-35/h5-8,15-16,25H,9-14,17-19H2,1-4H3,(H,33,40)(H,34,37)/t25-/m0/s1. The maximum Gasteiger partial charge on any atom is 0.243 e. The van der Waals surface area contributed by atoms with Crippen LogP contribution < -0.4 is 10.6 Å². The van der Waals surface area contributed by atoms with E-state index < -0.39 is 11.9 Å². The third-order valence-electron chi connectivity index (χ3n) is 8.04. The molecule has 2 aliphatic heterocycles. The van der Waals surface area contributed by atoms with Gasteiger partial charge in [-0.2, -0.15) is 0 Å². The van der Waals surface area contributed by atoms with E-state index in [1.54, 1.807) is 17.0 Å². The van der Waals surface area contributed by atoms with E-state index in [0.717, 1.165) is 35.1 Å². The van der Waals surface area contributed by atoms with E-state index in [0.29, 0.717) is 30.2 Å². The Morgan fingerprint density at radius 1 is 0.950 bits per heavy atom. The highest BCUT2D eigenvalue weighted by atomic mass is 35.5. The van der Waals surface area contributed by atoms with E-state index in [1.165, 1.54) is 0 Å². The lowest BCUT2D eigenvalue weighted by atomic mass is 9.82. The first-order valence-electron chi connectivity index (χ1n) is 13.9. The van der Waals surface area contributed by atoms with Crippen LogP contribution in [0, 0.1) is 19.3 Å². The zero-order valence-corrected chi connectivity index (χ0v) is 24.6. The van der Waals surface area contributed by atoms with E-state index in [9.17, 15) is 19.2 Å². The molecule has 0 bridgehead atoms. The quantitative estimate of drug-likeness (QED) is 0.519. The summed E-state index contributed by atoms with van der Waals surface area (Å²) >= 11 is 6.22. The van der Waals surface area contributed by atoms with Crippen LogP contribution >= 0.6 is 11.6 Å². The summed E-state index contributed by atoms with van der Waals surface area (Å²) < 4.78 is 0. The van der Waals surface area contributed by atoms with Gasteiger partial charge >= 0.3 is 0 Å². The fourth-order valence-electron chi connectivity index (χ4n) is 5.40. The number of aryl methyl sites for hydroxylation is 2. The monoisotopic (exact) mass is 566 g/mol. The van der Waals surface area contributed by atoms with Crippen LogP contribution in [0.1, 0.15) is 61.8 Å². The van der Waals surface area contributed by atoms with Crippen molar-refractivity contribution in [3.05, 3.63) is 63.7 Å². The summed E-state index contributed by atoms with van der Waals surface area (Å²) in [6.45, 7) is 9.61. The summed E-state index contributed by atoms with van der Waals surface area (Å²) in [6.07, 6.45) is 2.40. The lowest BCUT2D eigenvalue weighted by Gasteiger charge is -2.37. The first-order chi connectivity index (χ1) is 18.9. The van der Waals surface area contributed by atoms with Crippen molar-refractivity contribution in [2.24, 2.45) is 5.41 Å². The SMILES string of the molecule is Cc1cc(NC(=O)CNC(=O)[C@@H]2Cc3ccccc3CN2C(=O)CCC(=O)N2CCC(C)(C)CC2)cc(C)c1Cl. The lowest BCUT2D eigenvalue weighted by molar-refractivity contribution is -0.144. The number of amides is 4. The third kappa shape index (κ3) is 7.22. The molecule has 4 rings (SSSR count). The average molecular weight is 567 g/mol. The third-order valence-corrected chi connectivity index (χ3v) is 8.63. The number of anilines is 1. The van der Waals surface area contributed by atoms with Gasteiger partial charge in [0.2, 0.25) is 23.6 Å². The van der Waals surface area contributed by atoms with Crippen LogP contribution in [-0.4, -0.2) is 59.1 Å². The Kier molecular flexibility index (Phi) is 9.19. The van der Waals surface area contributed by atoms with E-state index in [-0.39, 0.29) is 49.1 Å². The number of hydrogen-bond acceptors (Lipinski definition) is 4. The van der Waals surface area contributed by atoms with Crippen LogP contribution in [0.25, 0.3) is 0 Å². The molecule has 1 fully saturated rings. The van der Waals surface area contributed by atoms with Crippen molar-refractivity contribution in [1.29, 1.82) is 0 Å². The molecule has 2 heterocycles. The summed E-state index contributed by atoms with van der Waals surface area (Å²) in [5, 5.41) is 6.15. The molecule has 0 aromatic heterocycles. The van der Waals surface area contributed by atoms with Gasteiger partial charge in [0.25, 0.3) is 0 Å². The molecule has 8 nitrogen and oxygen atoms in total. The topological polar surface area (TPSA) is 98.8 Å². The number of carbonyl (C=O) groups is 4. The molecular formula is C31H39ClN4O4. The molecule has 0 unspecified atom stereocenters. The summed E-state index contributed by atoms with van der Waals surface area (Å²) in [4.78, 5) is 55.5. The molecule has 0 saturated carbocycles. The van der Waals surface area contributed by atoms with Gasteiger partial charge in [-0.25, -0.2) is 0 Å². The minimum atomic E-state index is -0.763.